The summed E-state index contributed by atoms with van der Waals surface area (Å²) in [6.45, 7) is 1.19. The molecule has 0 spiro atoms. The molecule has 5 rings (SSSR count). The minimum Gasteiger partial charge on any atom is -0.466 e. The van der Waals surface area contributed by atoms with Gasteiger partial charge in [-0.25, -0.2) is 19.2 Å². The quantitative estimate of drug-likeness (QED) is 0.447. The molecule has 0 N–H and O–H groups in total. The van der Waals surface area contributed by atoms with Crippen LogP contribution in [0.1, 0.15) is 29.9 Å². The van der Waals surface area contributed by atoms with E-state index in [-0.39, 0.29) is 22.3 Å². The lowest BCUT2D eigenvalue weighted by atomic mass is 9.63. The van der Waals surface area contributed by atoms with Gasteiger partial charge in [-0.15, -0.1) is 0 Å². The van der Waals surface area contributed by atoms with Crippen LogP contribution in [0.15, 0.2) is 58.7 Å². The van der Waals surface area contributed by atoms with E-state index >= 15 is 0 Å². The summed E-state index contributed by atoms with van der Waals surface area (Å²) < 4.78 is 20.6. The molecule has 3 aliphatic rings. The molecule has 9 heteroatoms. The van der Waals surface area contributed by atoms with Crippen molar-refractivity contribution < 1.29 is 38.1 Å². The fourth-order valence-electron chi connectivity index (χ4n) is 6.44. The number of hydrogen-bond acceptors (Lipinski definition) is 9. The van der Waals surface area contributed by atoms with Crippen molar-refractivity contribution in [3.8, 4) is 0 Å². The van der Waals surface area contributed by atoms with E-state index in [1.54, 1.807) is 0 Å². The molecule has 2 aromatic carbocycles. The van der Waals surface area contributed by atoms with Gasteiger partial charge in [-0.2, -0.15) is 0 Å². The molecule has 37 heavy (non-hydrogen) atoms. The highest BCUT2D eigenvalue weighted by molar-refractivity contribution is 6.19. The Balaban J connectivity index is 2.07. The van der Waals surface area contributed by atoms with Crippen molar-refractivity contribution in [1.29, 1.82) is 0 Å². The molecule has 0 unspecified atom stereocenters. The van der Waals surface area contributed by atoms with Crippen molar-refractivity contribution in [3.05, 3.63) is 69.8 Å². The number of carbonyl (C=O) groups is 4. The number of methoxy groups -OCH3 is 4. The van der Waals surface area contributed by atoms with Crippen molar-refractivity contribution >= 4 is 34.6 Å². The Hall–Kier alpha value is -3.98. The molecule has 192 valence electrons. The molecule has 0 amide bonds. The Morgan fingerprint density at radius 1 is 0.757 bits per heavy atom. The summed E-state index contributed by atoms with van der Waals surface area (Å²) in [5, 5.41) is 1.75. The van der Waals surface area contributed by atoms with Crippen LogP contribution in [-0.4, -0.2) is 70.3 Å². The van der Waals surface area contributed by atoms with Gasteiger partial charge in [0, 0.05) is 5.92 Å². The normalized spacial score (nSPS) is 22.6. The Bertz CT molecular complexity index is 1410. The number of carbonyl (C=O) groups excluding carboxylic acids is 4. The van der Waals surface area contributed by atoms with Crippen LogP contribution in [-0.2, 0) is 43.7 Å². The van der Waals surface area contributed by atoms with Gasteiger partial charge in [0.05, 0.1) is 56.3 Å². The summed E-state index contributed by atoms with van der Waals surface area (Å²) in [4.78, 5) is 56.2. The number of likely N-dealkylation sites (tertiary alicyclic amines) is 1. The average Bonchev–Trinajstić information content (AvgIpc) is 3.57. The highest BCUT2D eigenvalue weighted by Gasteiger charge is 2.64. The maximum atomic E-state index is 13.8. The number of hydrogen-bond donors (Lipinski definition) is 0. The standard InChI is InChI=1S/C28H27NO8/c1-34-24(30)19-20(25(31)35-2)22-16-11-7-9-15-10-8-12-17(18(15)16)28(22,29-13-5-6-14-29)23(27(33)37-4)21(19)26(32)36-3/h7-12,22H,5-6,13-14H2,1-4H3/t22-,28-/m0/s1. The molecule has 2 aromatic rings. The van der Waals surface area contributed by atoms with Crippen LogP contribution in [0.25, 0.3) is 10.8 Å². The highest BCUT2D eigenvalue weighted by atomic mass is 16.5. The van der Waals surface area contributed by atoms with Crippen LogP contribution in [0.3, 0.4) is 0 Å². The molecule has 0 bridgehead atoms. The molecule has 1 aliphatic heterocycles. The van der Waals surface area contributed by atoms with E-state index in [4.69, 9.17) is 18.9 Å². The molecule has 0 saturated carbocycles. The fraction of sp³-hybridized carbons (Fsp3) is 0.357. The number of rotatable bonds is 5. The summed E-state index contributed by atoms with van der Waals surface area (Å²) in [7, 11) is 4.72. The lowest BCUT2D eigenvalue weighted by molar-refractivity contribution is -0.143. The first-order valence-electron chi connectivity index (χ1n) is 12.0. The smallest absolute Gasteiger partial charge is 0.339 e. The van der Waals surface area contributed by atoms with E-state index in [1.807, 2.05) is 36.4 Å². The van der Waals surface area contributed by atoms with Crippen molar-refractivity contribution in [2.45, 2.75) is 24.3 Å². The zero-order valence-electron chi connectivity index (χ0n) is 21.1. The van der Waals surface area contributed by atoms with Gasteiger partial charge in [0.2, 0.25) is 0 Å². The Labute approximate surface area is 213 Å². The summed E-state index contributed by atoms with van der Waals surface area (Å²) in [5.74, 6) is -4.37. The zero-order chi connectivity index (χ0) is 26.5. The van der Waals surface area contributed by atoms with Crippen LogP contribution < -0.4 is 0 Å². The summed E-state index contributed by atoms with van der Waals surface area (Å²) in [6.07, 6.45) is 1.70. The molecule has 0 radical (unpaired) electrons. The van der Waals surface area contributed by atoms with Gasteiger partial charge in [-0.05, 0) is 47.8 Å². The van der Waals surface area contributed by atoms with Gasteiger partial charge >= 0.3 is 23.9 Å². The van der Waals surface area contributed by atoms with Gasteiger partial charge < -0.3 is 18.9 Å². The van der Waals surface area contributed by atoms with Gasteiger partial charge in [0.25, 0.3) is 0 Å². The minimum atomic E-state index is -1.32. The van der Waals surface area contributed by atoms with E-state index in [1.165, 1.54) is 14.2 Å². The largest absolute Gasteiger partial charge is 0.466 e. The van der Waals surface area contributed by atoms with Crippen LogP contribution >= 0.6 is 0 Å². The van der Waals surface area contributed by atoms with Crippen LogP contribution in [0.5, 0.6) is 0 Å². The van der Waals surface area contributed by atoms with Crippen LogP contribution in [0, 0.1) is 0 Å². The maximum Gasteiger partial charge on any atom is 0.339 e. The third kappa shape index (κ3) is 3.20. The lowest BCUT2D eigenvalue weighted by Crippen LogP contribution is -2.55. The zero-order valence-corrected chi connectivity index (χ0v) is 21.1. The molecular weight excluding hydrogens is 478 g/mol. The van der Waals surface area contributed by atoms with E-state index in [0.29, 0.717) is 13.1 Å². The minimum absolute atomic E-state index is 0.0505. The second-order valence-corrected chi connectivity index (χ2v) is 9.15. The summed E-state index contributed by atoms with van der Waals surface area (Å²) in [6, 6.07) is 11.4. The lowest BCUT2D eigenvalue weighted by Gasteiger charge is -2.48. The van der Waals surface area contributed by atoms with Gasteiger partial charge in [-0.3, -0.25) is 4.90 Å². The highest BCUT2D eigenvalue weighted by Crippen LogP contribution is 2.63. The van der Waals surface area contributed by atoms with Crippen molar-refractivity contribution in [1.82, 2.24) is 4.90 Å². The topological polar surface area (TPSA) is 108 Å². The average molecular weight is 506 g/mol. The van der Waals surface area contributed by atoms with Crippen LogP contribution in [0.2, 0.25) is 0 Å². The van der Waals surface area contributed by atoms with Gasteiger partial charge in [0.1, 0.15) is 0 Å². The predicted molar refractivity (Wildman–Crippen MR) is 131 cm³/mol. The number of ether oxygens (including phenoxy) is 4. The second-order valence-electron chi connectivity index (χ2n) is 9.15. The van der Waals surface area contributed by atoms with E-state index in [9.17, 15) is 19.2 Å². The SMILES string of the molecule is COC(=O)C1=C(C(=O)OC)[C@@H]2c3cccc4cccc(c34)[C@@]2(N2CCCC2)C(C(=O)OC)=C1C(=O)OC. The van der Waals surface area contributed by atoms with Gasteiger partial charge in [-0.1, -0.05) is 36.4 Å². The monoisotopic (exact) mass is 505 g/mol. The molecular formula is C28H27NO8. The maximum absolute atomic E-state index is 13.8. The number of fused-ring (bicyclic) bond motifs is 3. The van der Waals surface area contributed by atoms with Crippen molar-refractivity contribution in [2.24, 2.45) is 0 Å². The van der Waals surface area contributed by atoms with Gasteiger partial charge in [0.15, 0.2) is 0 Å². The third-order valence-corrected chi connectivity index (χ3v) is 7.69. The molecule has 2 aliphatic carbocycles. The molecule has 1 heterocycles. The predicted octanol–water partition coefficient (Wildman–Crippen LogP) is 2.53. The third-order valence-electron chi connectivity index (χ3n) is 7.69. The first kappa shape index (κ1) is 24.7. The first-order valence-corrected chi connectivity index (χ1v) is 12.0. The van der Waals surface area contributed by atoms with Crippen molar-refractivity contribution in [3.63, 3.8) is 0 Å². The Morgan fingerprint density at radius 3 is 1.92 bits per heavy atom. The van der Waals surface area contributed by atoms with E-state index in [0.717, 1.165) is 49.0 Å². The second kappa shape index (κ2) is 9.15. The van der Waals surface area contributed by atoms with Crippen molar-refractivity contribution in [2.75, 3.05) is 41.5 Å². The summed E-state index contributed by atoms with van der Waals surface area (Å²) in [5.41, 5.74) is -0.645. The number of nitrogens with zero attached hydrogens (tertiary/aromatic N) is 1. The Morgan fingerprint density at radius 2 is 1.32 bits per heavy atom. The number of benzene rings is 2. The summed E-state index contributed by atoms with van der Waals surface area (Å²) >= 11 is 0. The molecule has 0 aromatic heterocycles. The van der Waals surface area contributed by atoms with E-state index in [2.05, 4.69) is 4.90 Å². The molecule has 1 fully saturated rings. The molecule has 1 saturated heterocycles. The number of esters is 4. The molecule has 2 atom stereocenters. The Kier molecular flexibility index (Phi) is 6.11. The fourth-order valence-corrected chi connectivity index (χ4v) is 6.44. The van der Waals surface area contributed by atoms with Crippen LogP contribution in [0.4, 0.5) is 0 Å². The molecule has 9 nitrogen and oxygen atoms in total. The van der Waals surface area contributed by atoms with E-state index < -0.39 is 35.3 Å². The first-order chi connectivity index (χ1) is 17.9.